The van der Waals surface area contributed by atoms with E-state index in [1.807, 2.05) is 0 Å². The van der Waals surface area contributed by atoms with Crippen LogP contribution < -0.4 is 0 Å². The first kappa shape index (κ1) is 35.9. The lowest BCUT2D eigenvalue weighted by Gasteiger charge is -2.17. The molecule has 0 radical (unpaired) electrons. The van der Waals surface area contributed by atoms with Crippen LogP contribution in [0.15, 0.2) is 0 Å². The highest BCUT2D eigenvalue weighted by Crippen LogP contribution is 2.17. The highest BCUT2D eigenvalue weighted by molar-refractivity contribution is 5.69. The molecule has 0 aliphatic carbocycles. The molecule has 1 N–H and O–H groups in total. The zero-order valence-electron chi connectivity index (χ0n) is 25.0. The van der Waals surface area contributed by atoms with Crippen LogP contribution in [0.4, 0.5) is 0 Å². The zero-order valence-corrected chi connectivity index (χ0v) is 25.0. The van der Waals surface area contributed by atoms with Crippen LogP contribution in [0, 0.1) is 0 Å². The molecule has 0 saturated carbocycles. The molecule has 0 aliphatic heterocycles. The predicted molar refractivity (Wildman–Crippen MR) is 158 cm³/mol. The number of esters is 1. The van der Waals surface area contributed by atoms with Crippen LogP contribution in [0.1, 0.15) is 194 Å². The van der Waals surface area contributed by atoms with E-state index in [1.54, 1.807) is 0 Å². The lowest BCUT2D eigenvalue weighted by Crippen LogP contribution is -2.18. The maximum atomic E-state index is 12.3. The summed E-state index contributed by atoms with van der Waals surface area (Å²) >= 11 is 0. The highest BCUT2D eigenvalue weighted by Gasteiger charge is 2.13. The van der Waals surface area contributed by atoms with Gasteiger partial charge in [0, 0.05) is 12.8 Å². The molecule has 0 fully saturated rings. The molecular weight excluding hydrogens is 460 g/mol. The topological polar surface area (TPSA) is 63.6 Å². The van der Waals surface area contributed by atoms with E-state index in [0.717, 1.165) is 57.8 Å². The summed E-state index contributed by atoms with van der Waals surface area (Å²) in [6.07, 6.45) is 33.1. The van der Waals surface area contributed by atoms with Crippen molar-refractivity contribution in [2.45, 2.75) is 200 Å². The maximum Gasteiger partial charge on any atom is 0.306 e. The van der Waals surface area contributed by atoms with Gasteiger partial charge in [0.2, 0.25) is 0 Å². The monoisotopic (exact) mass is 524 g/mol. The van der Waals surface area contributed by atoms with Gasteiger partial charge in [0.25, 0.3) is 0 Å². The molecule has 0 aliphatic rings. The van der Waals surface area contributed by atoms with E-state index in [9.17, 15) is 9.59 Å². The molecule has 0 aromatic rings. The molecule has 37 heavy (non-hydrogen) atoms. The Balaban J connectivity index is 3.52. The second kappa shape index (κ2) is 29.5. The lowest BCUT2D eigenvalue weighted by molar-refractivity contribution is -0.150. The van der Waals surface area contributed by atoms with Crippen LogP contribution in [-0.2, 0) is 14.3 Å². The molecular formula is C33H64O4. The number of carbonyl (C=O) groups is 2. The van der Waals surface area contributed by atoms with Gasteiger partial charge in [-0.25, -0.2) is 0 Å². The van der Waals surface area contributed by atoms with Crippen molar-refractivity contribution in [1.29, 1.82) is 0 Å². The molecule has 0 bridgehead atoms. The molecule has 1 unspecified atom stereocenters. The number of unbranched alkanes of at least 4 members (excludes halogenated alkanes) is 21. The Morgan fingerprint density at radius 1 is 0.486 bits per heavy atom. The lowest BCUT2D eigenvalue weighted by atomic mass is 10.0. The molecule has 0 heterocycles. The number of carboxylic acids is 1. The second-order valence-corrected chi connectivity index (χ2v) is 11.4. The summed E-state index contributed by atoms with van der Waals surface area (Å²) in [5.41, 5.74) is 0. The van der Waals surface area contributed by atoms with E-state index in [0.29, 0.717) is 12.8 Å². The quantitative estimate of drug-likeness (QED) is 0.0749. The van der Waals surface area contributed by atoms with Crippen molar-refractivity contribution >= 4 is 11.9 Å². The van der Waals surface area contributed by atoms with E-state index in [1.165, 1.54) is 109 Å². The van der Waals surface area contributed by atoms with Gasteiger partial charge in [-0.3, -0.25) is 9.59 Å². The molecule has 1 atom stereocenters. The van der Waals surface area contributed by atoms with Crippen LogP contribution in [0.5, 0.6) is 0 Å². The average molecular weight is 525 g/mol. The predicted octanol–water partition coefficient (Wildman–Crippen LogP) is 10.9. The summed E-state index contributed by atoms with van der Waals surface area (Å²) in [5, 5.41) is 8.66. The summed E-state index contributed by atoms with van der Waals surface area (Å²) in [6.45, 7) is 4.45. The van der Waals surface area contributed by atoms with Gasteiger partial charge in [-0.1, -0.05) is 149 Å². The fourth-order valence-electron chi connectivity index (χ4n) is 5.18. The average Bonchev–Trinajstić information content (AvgIpc) is 2.87. The van der Waals surface area contributed by atoms with Crippen LogP contribution in [0.25, 0.3) is 0 Å². The van der Waals surface area contributed by atoms with Crippen molar-refractivity contribution < 1.29 is 19.4 Å². The van der Waals surface area contributed by atoms with E-state index >= 15 is 0 Å². The standard InChI is InChI=1S/C33H64O4/c1-3-5-6-7-8-9-10-11-12-13-14-15-20-23-26-30-33(36)37-31(27-4-2)28-24-21-18-16-17-19-22-25-29-32(34)35/h31H,3-30H2,1-2H3,(H,34,35). The number of hydrogen-bond acceptors (Lipinski definition) is 3. The van der Waals surface area contributed by atoms with E-state index in [2.05, 4.69) is 13.8 Å². The second-order valence-electron chi connectivity index (χ2n) is 11.4. The smallest absolute Gasteiger partial charge is 0.306 e. The van der Waals surface area contributed by atoms with Crippen LogP contribution in [0.3, 0.4) is 0 Å². The minimum absolute atomic E-state index is 0.00880. The summed E-state index contributed by atoms with van der Waals surface area (Å²) in [7, 11) is 0. The molecule has 4 heteroatoms. The Kier molecular flexibility index (Phi) is 28.7. The maximum absolute atomic E-state index is 12.3. The van der Waals surface area contributed by atoms with Gasteiger partial charge in [0.05, 0.1) is 0 Å². The largest absolute Gasteiger partial charge is 0.481 e. The number of rotatable bonds is 30. The minimum Gasteiger partial charge on any atom is -0.481 e. The van der Waals surface area contributed by atoms with Gasteiger partial charge >= 0.3 is 11.9 Å². The van der Waals surface area contributed by atoms with Gasteiger partial charge in [0.1, 0.15) is 6.10 Å². The Morgan fingerprint density at radius 3 is 1.27 bits per heavy atom. The first-order valence-corrected chi connectivity index (χ1v) is 16.5. The number of ether oxygens (including phenoxy) is 1. The SMILES string of the molecule is CCCCCCCCCCCCCCCCCC(=O)OC(CCC)CCCCCCCCCCC(=O)O. The minimum atomic E-state index is -0.683. The normalized spacial score (nSPS) is 12.1. The molecule has 0 saturated heterocycles. The van der Waals surface area contributed by atoms with E-state index in [4.69, 9.17) is 9.84 Å². The third-order valence-corrected chi connectivity index (χ3v) is 7.56. The third kappa shape index (κ3) is 29.4. The van der Waals surface area contributed by atoms with Crippen molar-refractivity contribution in [2.24, 2.45) is 0 Å². The number of aliphatic carboxylic acids is 1. The molecule has 220 valence electrons. The Labute approximate surface area is 231 Å². The Bertz CT molecular complexity index is 491. The molecule has 0 amide bonds. The Morgan fingerprint density at radius 2 is 0.865 bits per heavy atom. The van der Waals surface area contributed by atoms with E-state index < -0.39 is 5.97 Å². The van der Waals surface area contributed by atoms with Gasteiger partial charge in [-0.05, 0) is 32.1 Å². The molecule has 4 nitrogen and oxygen atoms in total. The summed E-state index contributed by atoms with van der Waals surface area (Å²) in [6, 6.07) is 0. The van der Waals surface area contributed by atoms with Gasteiger partial charge in [-0.2, -0.15) is 0 Å². The van der Waals surface area contributed by atoms with Crippen molar-refractivity contribution in [3.05, 3.63) is 0 Å². The third-order valence-electron chi connectivity index (χ3n) is 7.56. The summed E-state index contributed by atoms with van der Waals surface area (Å²) < 4.78 is 5.81. The number of hydrogen-bond donors (Lipinski definition) is 1. The first-order valence-electron chi connectivity index (χ1n) is 16.5. The fourth-order valence-corrected chi connectivity index (χ4v) is 5.18. The number of carboxylic acid groups (broad SMARTS) is 1. The van der Waals surface area contributed by atoms with Gasteiger partial charge in [-0.15, -0.1) is 0 Å². The first-order chi connectivity index (χ1) is 18.1. The van der Waals surface area contributed by atoms with Crippen LogP contribution >= 0.6 is 0 Å². The van der Waals surface area contributed by atoms with Crippen molar-refractivity contribution in [1.82, 2.24) is 0 Å². The summed E-state index contributed by atoms with van der Waals surface area (Å²) in [4.78, 5) is 22.8. The van der Waals surface area contributed by atoms with Crippen LogP contribution in [0.2, 0.25) is 0 Å². The van der Waals surface area contributed by atoms with Crippen molar-refractivity contribution in [3.63, 3.8) is 0 Å². The molecule has 0 rings (SSSR count). The number of carbonyl (C=O) groups excluding carboxylic acids is 1. The summed E-state index contributed by atoms with van der Waals surface area (Å²) in [5.74, 6) is -0.674. The van der Waals surface area contributed by atoms with Crippen molar-refractivity contribution in [3.8, 4) is 0 Å². The Hall–Kier alpha value is -1.06. The fraction of sp³-hybridized carbons (Fsp3) is 0.939. The molecule has 0 aromatic carbocycles. The van der Waals surface area contributed by atoms with Gasteiger partial charge < -0.3 is 9.84 Å². The van der Waals surface area contributed by atoms with Gasteiger partial charge in [0.15, 0.2) is 0 Å². The van der Waals surface area contributed by atoms with Crippen molar-refractivity contribution in [2.75, 3.05) is 0 Å². The van der Waals surface area contributed by atoms with E-state index in [-0.39, 0.29) is 12.1 Å². The molecule has 0 aromatic heterocycles. The highest BCUT2D eigenvalue weighted by atomic mass is 16.5. The zero-order chi connectivity index (χ0) is 27.2. The molecule has 0 spiro atoms. The van der Waals surface area contributed by atoms with Crippen LogP contribution in [-0.4, -0.2) is 23.1 Å².